The molecular formula is C27H40O5. The summed E-state index contributed by atoms with van der Waals surface area (Å²) in [7, 11) is 1.44. The van der Waals surface area contributed by atoms with Crippen LogP contribution < -0.4 is 0 Å². The average Bonchev–Trinajstić information content (AvgIpc) is 3.11. The van der Waals surface area contributed by atoms with Gasteiger partial charge in [0, 0.05) is 18.8 Å². The first kappa shape index (κ1) is 23.5. The smallest absolute Gasteiger partial charge is 0.305 e. The second-order valence-corrected chi connectivity index (χ2v) is 11.4. The Morgan fingerprint density at radius 1 is 1.16 bits per heavy atom. The van der Waals surface area contributed by atoms with Gasteiger partial charge in [-0.25, -0.2) is 0 Å². The number of allylic oxidation sites excluding steroid dienone is 2. The van der Waals surface area contributed by atoms with Crippen LogP contribution in [0.4, 0.5) is 0 Å². The molecule has 0 saturated heterocycles. The SMILES string of the molecule is COC(=O)CC[C@@H](C)[C@@H]1CC[C@@H]2[C@@H]3CC[C@@H]4C[C@H](OC(C)=O)CC[C@]4(C)C3=CC(=O)[C@]21C. The van der Waals surface area contributed by atoms with Crippen LogP contribution in [-0.4, -0.2) is 30.9 Å². The highest BCUT2D eigenvalue weighted by molar-refractivity contribution is 5.97. The standard InChI is InChI=1S/C27H40O5/c1-16(6-11-25(30)31-5)21-9-10-22-20-8-7-18-14-19(32-17(2)28)12-13-26(18,3)23(20)15-24(29)27(21,22)4/h15-16,18-22H,6-14H2,1-5H3/t16-,18-,19-,20+,21+,22-,26+,27+/m1/s1. The number of carbonyl (C=O) groups excluding carboxylic acids is 3. The van der Waals surface area contributed by atoms with Gasteiger partial charge in [-0.2, -0.15) is 0 Å². The minimum atomic E-state index is -0.318. The predicted octanol–water partition coefficient (Wildman–Crippen LogP) is 5.27. The van der Waals surface area contributed by atoms with Crippen LogP contribution in [0.25, 0.3) is 0 Å². The largest absolute Gasteiger partial charge is 0.469 e. The summed E-state index contributed by atoms with van der Waals surface area (Å²) < 4.78 is 10.4. The zero-order valence-corrected chi connectivity index (χ0v) is 20.4. The van der Waals surface area contributed by atoms with Gasteiger partial charge in [-0.15, -0.1) is 0 Å². The second-order valence-electron chi connectivity index (χ2n) is 11.4. The van der Waals surface area contributed by atoms with E-state index in [-0.39, 0.29) is 28.9 Å². The summed E-state index contributed by atoms with van der Waals surface area (Å²) in [6.45, 7) is 8.28. The van der Waals surface area contributed by atoms with Crippen LogP contribution in [-0.2, 0) is 23.9 Å². The van der Waals surface area contributed by atoms with Crippen molar-refractivity contribution in [2.75, 3.05) is 7.11 Å². The molecule has 4 aliphatic rings. The number of hydrogen-bond acceptors (Lipinski definition) is 5. The quantitative estimate of drug-likeness (QED) is 0.541. The van der Waals surface area contributed by atoms with E-state index < -0.39 is 0 Å². The fourth-order valence-electron chi connectivity index (χ4n) is 8.21. The van der Waals surface area contributed by atoms with Crippen molar-refractivity contribution in [2.45, 2.75) is 91.6 Å². The van der Waals surface area contributed by atoms with E-state index in [1.165, 1.54) is 19.6 Å². The fraction of sp³-hybridized carbons (Fsp3) is 0.815. The molecule has 0 aromatic carbocycles. The Morgan fingerprint density at radius 3 is 2.59 bits per heavy atom. The Balaban J connectivity index is 1.56. The number of fused-ring (bicyclic) bond motifs is 5. The molecule has 0 unspecified atom stereocenters. The van der Waals surface area contributed by atoms with Crippen LogP contribution in [0.15, 0.2) is 11.6 Å². The van der Waals surface area contributed by atoms with Crippen molar-refractivity contribution in [2.24, 2.45) is 40.4 Å². The van der Waals surface area contributed by atoms with E-state index in [1.807, 2.05) is 6.08 Å². The van der Waals surface area contributed by atoms with Crippen LogP contribution in [0.5, 0.6) is 0 Å². The maximum absolute atomic E-state index is 13.8. The van der Waals surface area contributed by atoms with Gasteiger partial charge in [0.1, 0.15) is 6.10 Å². The van der Waals surface area contributed by atoms with E-state index in [4.69, 9.17) is 9.47 Å². The topological polar surface area (TPSA) is 69.7 Å². The lowest BCUT2D eigenvalue weighted by Crippen LogP contribution is -2.52. The van der Waals surface area contributed by atoms with Gasteiger partial charge in [0.05, 0.1) is 7.11 Å². The van der Waals surface area contributed by atoms with Crippen LogP contribution >= 0.6 is 0 Å². The van der Waals surface area contributed by atoms with Gasteiger partial charge in [0.25, 0.3) is 0 Å². The van der Waals surface area contributed by atoms with Crippen molar-refractivity contribution in [1.82, 2.24) is 0 Å². The highest BCUT2D eigenvalue weighted by atomic mass is 16.5. The molecule has 3 fully saturated rings. The van der Waals surface area contributed by atoms with Gasteiger partial charge in [-0.05, 0) is 92.4 Å². The normalized spacial score (nSPS) is 41.6. The number of rotatable bonds is 5. The van der Waals surface area contributed by atoms with Gasteiger partial charge >= 0.3 is 11.9 Å². The molecule has 8 atom stereocenters. The van der Waals surface area contributed by atoms with E-state index in [0.29, 0.717) is 41.8 Å². The van der Waals surface area contributed by atoms with Crippen molar-refractivity contribution in [3.8, 4) is 0 Å². The van der Waals surface area contributed by atoms with Gasteiger partial charge < -0.3 is 9.47 Å². The molecule has 4 rings (SSSR count). The zero-order chi connectivity index (χ0) is 23.3. The molecule has 0 bridgehead atoms. The lowest BCUT2D eigenvalue weighted by Gasteiger charge is -2.56. The minimum absolute atomic E-state index is 0.0267. The number of hydrogen-bond donors (Lipinski definition) is 0. The Morgan fingerprint density at radius 2 is 1.91 bits per heavy atom. The minimum Gasteiger partial charge on any atom is -0.469 e. The van der Waals surface area contributed by atoms with Crippen LogP contribution in [0.2, 0.25) is 0 Å². The summed E-state index contributed by atoms with van der Waals surface area (Å²) in [6.07, 6.45) is 10.5. The number of ketones is 1. The van der Waals surface area contributed by atoms with Gasteiger partial charge in [0.2, 0.25) is 0 Å². The maximum Gasteiger partial charge on any atom is 0.305 e. The summed E-state index contributed by atoms with van der Waals surface area (Å²) in [5.41, 5.74) is 1.12. The van der Waals surface area contributed by atoms with Crippen molar-refractivity contribution in [3.63, 3.8) is 0 Å². The van der Waals surface area contributed by atoms with E-state index in [1.54, 1.807) is 0 Å². The van der Waals surface area contributed by atoms with E-state index in [0.717, 1.165) is 51.4 Å². The van der Waals surface area contributed by atoms with Crippen molar-refractivity contribution < 1.29 is 23.9 Å². The Hall–Kier alpha value is -1.65. The van der Waals surface area contributed by atoms with Gasteiger partial charge in [-0.3, -0.25) is 14.4 Å². The molecule has 5 heteroatoms. The maximum atomic E-state index is 13.8. The summed E-state index contributed by atoms with van der Waals surface area (Å²) in [4.78, 5) is 36.9. The molecule has 0 spiro atoms. The summed E-state index contributed by atoms with van der Waals surface area (Å²) in [5.74, 6) is 1.99. The lowest BCUT2D eigenvalue weighted by molar-refractivity contribution is -0.151. The van der Waals surface area contributed by atoms with Gasteiger partial charge in [-0.1, -0.05) is 26.3 Å². The molecule has 0 aliphatic heterocycles. The van der Waals surface area contributed by atoms with Crippen LogP contribution in [0.1, 0.15) is 85.5 Å². The van der Waals surface area contributed by atoms with Crippen molar-refractivity contribution >= 4 is 17.7 Å². The van der Waals surface area contributed by atoms with E-state index in [2.05, 4.69) is 20.8 Å². The Kier molecular flexibility index (Phi) is 6.32. The van der Waals surface area contributed by atoms with E-state index in [9.17, 15) is 14.4 Å². The second kappa shape index (κ2) is 8.61. The Labute approximate surface area is 192 Å². The average molecular weight is 445 g/mol. The lowest BCUT2D eigenvalue weighted by atomic mass is 9.48. The third-order valence-electron chi connectivity index (χ3n) is 10.0. The number of methoxy groups -OCH3 is 1. The molecule has 0 aromatic rings. The van der Waals surface area contributed by atoms with Crippen molar-refractivity contribution in [1.29, 1.82) is 0 Å². The first-order chi connectivity index (χ1) is 15.1. The first-order valence-corrected chi connectivity index (χ1v) is 12.6. The summed E-state index contributed by atoms with van der Waals surface area (Å²) in [5, 5.41) is 0. The Bertz CT molecular complexity index is 815. The molecule has 178 valence electrons. The fourth-order valence-corrected chi connectivity index (χ4v) is 8.21. The third-order valence-corrected chi connectivity index (χ3v) is 10.0. The molecule has 4 aliphatic carbocycles. The highest BCUT2D eigenvalue weighted by Crippen LogP contribution is 2.65. The molecule has 5 nitrogen and oxygen atoms in total. The molecular weight excluding hydrogens is 404 g/mol. The summed E-state index contributed by atoms with van der Waals surface area (Å²) >= 11 is 0. The molecule has 0 amide bonds. The first-order valence-electron chi connectivity index (χ1n) is 12.6. The third kappa shape index (κ3) is 3.74. The molecule has 0 N–H and O–H groups in total. The molecule has 0 radical (unpaired) electrons. The van der Waals surface area contributed by atoms with E-state index >= 15 is 0 Å². The monoisotopic (exact) mass is 444 g/mol. The number of esters is 2. The molecule has 32 heavy (non-hydrogen) atoms. The zero-order valence-electron chi connectivity index (χ0n) is 20.4. The number of carbonyl (C=O) groups is 3. The molecule has 0 aromatic heterocycles. The highest BCUT2D eigenvalue weighted by Gasteiger charge is 2.61. The molecule has 3 saturated carbocycles. The van der Waals surface area contributed by atoms with Crippen LogP contribution in [0, 0.1) is 40.4 Å². The predicted molar refractivity (Wildman–Crippen MR) is 122 cm³/mol. The van der Waals surface area contributed by atoms with Crippen LogP contribution in [0.3, 0.4) is 0 Å². The van der Waals surface area contributed by atoms with Gasteiger partial charge in [0.15, 0.2) is 5.78 Å². The molecule has 0 heterocycles. The summed E-state index contributed by atoms with van der Waals surface area (Å²) in [6, 6.07) is 0. The van der Waals surface area contributed by atoms with Crippen molar-refractivity contribution in [3.05, 3.63) is 11.6 Å². The number of ether oxygens (including phenoxy) is 2.